The molecule has 1 amide bonds. The number of halogens is 4. The number of ether oxygens (including phenoxy) is 1. The van der Waals surface area contributed by atoms with Crippen molar-refractivity contribution in [2.75, 3.05) is 0 Å². The molecule has 1 aromatic heterocycles. The fourth-order valence-electron chi connectivity index (χ4n) is 4.23. The Morgan fingerprint density at radius 2 is 1.77 bits per heavy atom. The minimum atomic E-state index is -4.75. The predicted molar refractivity (Wildman–Crippen MR) is 142 cm³/mol. The molecular formula is C29H22ClF3N4O2. The van der Waals surface area contributed by atoms with Gasteiger partial charge in [-0.1, -0.05) is 41.9 Å². The fraction of sp³-hybridized carbons (Fsp3) is 0.138. The van der Waals surface area contributed by atoms with Gasteiger partial charge in [-0.3, -0.25) is 4.79 Å². The number of rotatable bonds is 6. The van der Waals surface area contributed by atoms with Gasteiger partial charge in [0.2, 0.25) is 0 Å². The van der Waals surface area contributed by atoms with Crippen molar-refractivity contribution >= 4 is 23.1 Å². The molecule has 10 heteroatoms. The van der Waals surface area contributed by atoms with E-state index in [-0.39, 0.29) is 11.7 Å². The first kappa shape index (κ1) is 26.2. The van der Waals surface area contributed by atoms with Gasteiger partial charge < -0.3 is 10.1 Å². The van der Waals surface area contributed by atoms with Gasteiger partial charge >= 0.3 is 6.36 Å². The first-order valence-electron chi connectivity index (χ1n) is 12.0. The van der Waals surface area contributed by atoms with Gasteiger partial charge in [0, 0.05) is 21.8 Å². The minimum Gasteiger partial charge on any atom is -0.406 e. The standard InChI is InChI=1S/C29H22ClF3N4O2/c1-18-4-2-3-5-24(18)25-16-20(8-15-26(25)30)28(38)35-21-9-6-19(7-10-21)27-34-17-37(36-27)22-11-13-23(14-12-22)39-29(31,32)33/h2-6,8-9,11-17H,7,10H2,1H3,(H,35,38). The van der Waals surface area contributed by atoms with Crippen LogP contribution < -0.4 is 10.1 Å². The molecule has 0 unspecified atom stereocenters. The number of hydrogen-bond acceptors (Lipinski definition) is 4. The maximum atomic E-state index is 13.0. The van der Waals surface area contributed by atoms with Crippen LogP contribution in [0.5, 0.6) is 5.75 Å². The molecule has 1 aliphatic carbocycles. The molecule has 0 aliphatic heterocycles. The Hall–Kier alpha value is -4.37. The lowest BCUT2D eigenvalue weighted by molar-refractivity contribution is -0.274. The maximum Gasteiger partial charge on any atom is 0.573 e. The lowest BCUT2D eigenvalue weighted by Crippen LogP contribution is -2.23. The van der Waals surface area contributed by atoms with Crippen molar-refractivity contribution in [2.45, 2.75) is 26.1 Å². The molecule has 0 saturated heterocycles. The Labute approximate surface area is 227 Å². The van der Waals surface area contributed by atoms with Crippen molar-refractivity contribution in [3.63, 3.8) is 0 Å². The topological polar surface area (TPSA) is 69.0 Å². The molecule has 0 spiro atoms. The van der Waals surface area contributed by atoms with Crippen LogP contribution in [0.25, 0.3) is 22.4 Å². The number of carbonyl (C=O) groups excluding carboxylic acids is 1. The molecule has 198 valence electrons. The highest BCUT2D eigenvalue weighted by molar-refractivity contribution is 6.33. The molecule has 6 nitrogen and oxygen atoms in total. The van der Waals surface area contributed by atoms with Crippen LogP contribution >= 0.6 is 11.6 Å². The molecule has 0 saturated carbocycles. The Bertz CT molecular complexity index is 1590. The van der Waals surface area contributed by atoms with Crippen molar-refractivity contribution in [2.24, 2.45) is 0 Å². The molecule has 0 radical (unpaired) electrons. The summed E-state index contributed by atoms with van der Waals surface area (Å²) in [5.74, 6) is -0.0518. The van der Waals surface area contributed by atoms with Crippen LogP contribution in [-0.4, -0.2) is 27.0 Å². The summed E-state index contributed by atoms with van der Waals surface area (Å²) >= 11 is 6.43. The number of allylic oxidation sites excluding steroid dienone is 4. The van der Waals surface area contributed by atoms with E-state index in [9.17, 15) is 18.0 Å². The van der Waals surface area contributed by atoms with E-state index in [4.69, 9.17) is 11.6 Å². The molecule has 1 aliphatic rings. The van der Waals surface area contributed by atoms with Gasteiger partial charge in [0.1, 0.15) is 12.1 Å². The van der Waals surface area contributed by atoms with Crippen LogP contribution in [0.15, 0.2) is 90.9 Å². The zero-order valence-corrected chi connectivity index (χ0v) is 21.4. The van der Waals surface area contributed by atoms with Crippen LogP contribution in [0.3, 0.4) is 0 Å². The van der Waals surface area contributed by atoms with Crippen molar-refractivity contribution in [1.82, 2.24) is 20.1 Å². The molecule has 1 heterocycles. The minimum absolute atomic E-state index is 0.232. The summed E-state index contributed by atoms with van der Waals surface area (Å²) in [6.07, 6.45) is 1.58. The van der Waals surface area contributed by atoms with E-state index in [1.165, 1.54) is 35.3 Å². The average Bonchev–Trinajstić information content (AvgIpc) is 3.40. The molecule has 39 heavy (non-hydrogen) atoms. The van der Waals surface area contributed by atoms with Crippen molar-refractivity contribution in [1.29, 1.82) is 0 Å². The Morgan fingerprint density at radius 3 is 2.46 bits per heavy atom. The number of benzene rings is 3. The van der Waals surface area contributed by atoms with Crippen LogP contribution in [-0.2, 0) is 0 Å². The van der Waals surface area contributed by atoms with Gasteiger partial charge in [-0.15, -0.1) is 18.3 Å². The van der Waals surface area contributed by atoms with Gasteiger partial charge in [-0.05, 0) is 85.0 Å². The monoisotopic (exact) mass is 550 g/mol. The van der Waals surface area contributed by atoms with E-state index in [0.29, 0.717) is 34.9 Å². The molecule has 3 aromatic carbocycles. The normalized spacial score (nSPS) is 13.5. The van der Waals surface area contributed by atoms with E-state index in [2.05, 4.69) is 20.1 Å². The molecule has 0 atom stereocenters. The van der Waals surface area contributed by atoms with Crippen molar-refractivity contribution in [3.05, 3.63) is 113 Å². The second-order valence-corrected chi connectivity index (χ2v) is 9.31. The first-order chi connectivity index (χ1) is 18.7. The van der Waals surface area contributed by atoms with Gasteiger partial charge in [-0.2, -0.15) is 0 Å². The fourth-order valence-corrected chi connectivity index (χ4v) is 4.45. The number of aryl methyl sites for hydroxylation is 1. The van der Waals surface area contributed by atoms with Crippen LogP contribution in [0, 0.1) is 6.92 Å². The van der Waals surface area contributed by atoms with E-state index in [0.717, 1.165) is 28.0 Å². The van der Waals surface area contributed by atoms with E-state index < -0.39 is 6.36 Å². The van der Waals surface area contributed by atoms with Crippen LogP contribution in [0.1, 0.15) is 34.6 Å². The smallest absolute Gasteiger partial charge is 0.406 e. The number of nitrogens with zero attached hydrogens (tertiary/aromatic N) is 3. The lowest BCUT2D eigenvalue weighted by atomic mass is 9.98. The first-order valence-corrected chi connectivity index (χ1v) is 12.4. The number of amides is 1. The largest absolute Gasteiger partial charge is 0.573 e. The summed E-state index contributed by atoms with van der Waals surface area (Å²) < 4.78 is 42.5. The van der Waals surface area contributed by atoms with Gasteiger partial charge in [-0.25, -0.2) is 9.67 Å². The van der Waals surface area contributed by atoms with Crippen molar-refractivity contribution < 1.29 is 22.7 Å². The molecule has 5 rings (SSSR count). The third-order valence-corrected chi connectivity index (χ3v) is 6.53. The Balaban J connectivity index is 1.27. The molecule has 0 bridgehead atoms. The summed E-state index contributed by atoms with van der Waals surface area (Å²) in [5.41, 5.74) is 5.50. The number of hydrogen-bond donors (Lipinski definition) is 1. The second kappa shape index (κ2) is 10.8. The summed E-state index contributed by atoms with van der Waals surface area (Å²) in [4.78, 5) is 17.3. The molecule has 4 aromatic rings. The third kappa shape index (κ3) is 6.21. The SMILES string of the molecule is Cc1ccccc1-c1cc(C(=O)NC2=CC=C(c3ncn(-c4ccc(OC(F)(F)F)cc4)n3)CC2)ccc1Cl. The van der Waals surface area contributed by atoms with E-state index >= 15 is 0 Å². The van der Waals surface area contributed by atoms with Gasteiger partial charge in [0.05, 0.1) is 5.69 Å². The quantitative estimate of drug-likeness (QED) is 0.274. The summed E-state index contributed by atoms with van der Waals surface area (Å²) in [7, 11) is 0. The summed E-state index contributed by atoms with van der Waals surface area (Å²) in [6, 6.07) is 18.4. The average molecular weight is 551 g/mol. The number of nitrogens with one attached hydrogen (secondary N) is 1. The zero-order valence-electron chi connectivity index (χ0n) is 20.7. The van der Waals surface area contributed by atoms with E-state index in [1.807, 2.05) is 43.3 Å². The van der Waals surface area contributed by atoms with Crippen LogP contribution in [0.2, 0.25) is 5.02 Å². The maximum absolute atomic E-state index is 13.0. The lowest BCUT2D eigenvalue weighted by Gasteiger charge is -2.15. The van der Waals surface area contributed by atoms with E-state index in [1.54, 1.807) is 18.2 Å². The predicted octanol–water partition coefficient (Wildman–Crippen LogP) is 7.29. The molecule has 0 fully saturated rings. The van der Waals surface area contributed by atoms with Crippen molar-refractivity contribution in [3.8, 4) is 22.6 Å². The second-order valence-electron chi connectivity index (χ2n) is 8.90. The van der Waals surface area contributed by atoms with Gasteiger partial charge in [0.15, 0.2) is 5.82 Å². The number of aromatic nitrogens is 3. The highest BCUT2D eigenvalue weighted by Gasteiger charge is 2.31. The highest BCUT2D eigenvalue weighted by Crippen LogP contribution is 2.32. The highest BCUT2D eigenvalue weighted by atomic mass is 35.5. The van der Waals surface area contributed by atoms with Gasteiger partial charge in [0.25, 0.3) is 5.91 Å². The number of carbonyl (C=O) groups is 1. The molecular weight excluding hydrogens is 529 g/mol. The third-order valence-electron chi connectivity index (χ3n) is 6.20. The Kier molecular flexibility index (Phi) is 7.26. The summed E-state index contributed by atoms with van der Waals surface area (Å²) in [5, 5.41) is 7.98. The number of alkyl halides is 3. The molecule has 1 N–H and O–H groups in total. The summed E-state index contributed by atoms with van der Waals surface area (Å²) in [6.45, 7) is 2.00. The zero-order chi connectivity index (χ0) is 27.6. The Morgan fingerprint density at radius 1 is 1.00 bits per heavy atom. The van der Waals surface area contributed by atoms with Crippen LogP contribution in [0.4, 0.5) is 13.2 Å².